The van der Waals surface area contributed by atoms with Gasteiger partial charge in [-0.15, -0.1) is 0 Å². The van der Waals surface area contributed by atoms with E-state index in [-0.39, 0.29) is 11.8 Å². The van der Waals surface area contributed by atoms with E-state index in [1.807, 2.05) is 17.9 Å². The number of aliphatic hydroxyl groups excluding tert-OH is 1. The van der Waals surface area contributed by atoms with E-state index in [1.54, 1.807) is 11.0 Å². The molecule has 0 saturated carbocycles. The van der Waals surface area contributed by atoms with Gasteiger partial charge in [-0.3, -0.25) is 9.59 Å². The standard InChI is InChI=1S/C21H30N2O4/c1-2-3-4-5-7-19(25)22-11-6-10-21(15-22)16-23(12-8-18(21)24)20(26)17-9-13-27-14-17/h2-3,9,13-14,18,24H,4-8,10-12,15-16H2,1H3/b3-2+/t18-,21+/m1/s1. The molecule has 2 aliphatic rings. The number of hydrogen-bond acceptors (Lipinski definition) is 4. The second-order valence-corrected chi connectivity index (χ2v) is 7.79. The van der Waals surface area contributed by atoms with Crippen molar-refractivity contribution in [2.45, 2.75) is 51.6 Å². The molecule has 148 valence electrons. The first-order chi connectivity index (χ1) is 13.1. The van der Waals surface area contributed by atoms with Crippen molar-refractivity contribution in [1.29, 1.82) is 0 Å². The smallest absolute Gasteiger partial charge is 0.257 e. The third-order valence-corrected chi connectivity index (χ3v) is 5.90. The van der Waals surface area contributed by atoms with Gasteiger partial charge in [0.1, 0.15) is 6.26 Å². The van der Waals surface area contributed by atoms with Gasteiger partial charge >= 0.3 is 0 Å². The molecule has 1 aromatic rings. The van der Waals surface area contributed by atoms with Crippen LogP contribution in [0.15, 0.2) is 35.2 Å². The fourth-order valence-electron chi connectivity index (χ4n) is 4.36. The van der Waals surface area contributed by atoms with Crippen LogP contribution in [0.4, 0.5) is 0 Å². The molecule has 0 unspecified atom stereocenters. The molecular weight excluding hydrogens is 344 g/mol. The van der Waals surface area contributed by atoms with Crippen molar-refractivity contribution < 1.29 is 19.1 Å². The zero-order valence-electron chi connectivity index (χ0n) is 16.1. The molecule has 0 radical (unpaired) electrons. The number of carbonyl (C=O) groups is 2. The second-order valence-electron chi connectivity index (χ2n) is 7.79. The van der Waals surface area contributed by atoms with Crippen LogP contribution in [0.1, 0.15) is 55.8 Å². The fraction of sp³-hybridized carbons (Fsp3) is 0.619. The highest BCUT2D eigenvalue weighted by Crippen LogP contribution is 2.39. The Bertz CT molecular complexity index is 670. The van der Waals surface area contributed by atoms with Crippen LogP contribution in [0.5, 0.6) is 0 Å². The van der Waals surface area contributed by atoms with Crippen LogP contribution in [0.2, 0.25) is 0 Å². The molecule has 1 aromatic heterocycles. The monoisotopic (exact) mass is 374 g/mol. The van der Waals surface area contributed by atoms with Crippen molar-refractivity contribution in [3.8, 4) is 0 Å². The molecule has 2 saturated heterocycles. The molecule has 2 amide bonds. The van der Waals surface area contributed by atoms with Gasteiger partial charge in [0.15, 0.2) is 0 Å². The van der Waals surface area contributed by atoms with Crippen LogP contribution in [-0.2, 0) is 4.79 Å². The number of hydrogen-bond donors (Lipinski definition) is 1. The maximum atomic E-state index is 12.7. The molecule has 0 aliphatic carbocycles. The topological polar surface area (TPSA) is 74.0 Å². The number of carbonyl (C=O) groups excluding carboxylic acids is 2. The van der Waals surface area contributed by atoms with Crippen molar-refractivity contribution in [3.05, 3.63) is 36.3 Å². The van der Waals surface area contributed by atoms with Crippen molar-refractivity contribution in [1.82, 2.24) is 9.80 Å². The second kappa shape index (κ2) is 8.74. The summed E-state index contributed by atoms with van der Waals surface area (Å²) in [6, 6.07) is 1.67. The van der Waals surface area contributed by atoms with Crippen molar-refractivity contribution in [2.24, 2.45) is 5.41 Å². The van der Waals surface area contributed by atoms with Gasteiger partial charge in [-0.2, -0.15) is 0 Å². The van der Waals surface area contributed by atoms with Gasteiger partial charge in [0.2, 0.25) is 5.91 Å². The van der Waals surface area contributed by atoms with Gasteiger partial charge in [0.25, 0.3) is 5.91 Å². The molecule has 6 nitrogen and oxygen atoms in total. The number of unbranched alkanes of at least 4 members (excludes halogenated alkanes) is 1. The van der Waals surface area contributed by atoms with Gasteiger partial charge in [0.05, 0.1) is 17.9 Å². The number of likely N-dealkylation sites (tertiary alicyclic amines) is 2. The van der Waals surface area contributed by atoms with Gasteiger partial charge in [-0.1, -0.05) is 12.2 Å². The lowest BCUT2D eigenvalue weighted by molar-refractivity contribution is -0.140. The van der Waals surface area contributed by atoms with E-state index in [2.05, 4.69) is 6.08 Å². The van der Waals surface area contributed by atoms with Crippen LogP contribution >= 0.6 is 0 Å². The summed E-state index contributed by atoms with van der Waals surface area (Å²) in [6.45, 7) is 4.28. The summed E-state index contributed by atoms with van der Waals surface area (Å²) >= 11 is 0. The minimum absolute atomic E-state index is 0.0650. The van der Waals surface area contributed by atoms with E-state index >= 15 is 0 Å². The molecule has 2 atom stereocenters. The Morgan fingerprint density at radius 3 is 2.89 bits per heavy atom. The Labute approximate surface area is 160 Å². The van der Waals surface area contributed by atoms with Crippen LogP contribution in [-0.4, -0.2) is 59.0 Å². The molecule has 0 aromatic carbocycles. The highest BCUT2D eigenvalue weighted by atomic mass is 16.3. The number of amides is 2. The molecule has 27 heavy (non-hydrogen) atoms. The zero-order valence-corrected chi connectivity index (χ0v) is 16.1. The number of piperidine rings is 2. The Balaban J connectivity index is 1.65. The third kappa shape index (κ3) is 4.43. The Morgan fingerprint density at radius 1 is 1.33 bits per heavy atom. The molecule has 2 fully saturated rings. The Hall–Kier alpha value is -2.08. The largest absolute Gasteiger partial charge is 0.472 e. The number of nitrogens with zero attached hydrogens (tertiary/aromatic N) is 2. The van der Waals surface area contributed by atoms with Crippen molar-refractivity contribution in [3.63, 3.8) is 0 Å². The molecule has 6 heteroatoms. The minimum Gasteiger partial charge on any atom is -0.472 e. The number of allylic oxidation sites excluding steroid dienone is 2. The van der Waals surface area contributed by atoms with Gasteiger partial charge in [0, 0.05) is 38.0 Å². The number of furan rings is 1. The van der Waals surface area contributed by atoms with Crippen LogP contribution in [0, 0.1) is 5.41 Å². The summed E-state index contributed by atoms with van der Waals surface area (Å²) in [5.74, 6) is 0.0916. The zero-order chi connectivity index (χ0) is 19.3. The van der Waals surface area contributed by atoms with Crippen molar-refractivity contribution >= 4 is 11.8 Å². The van der Waals surface area contributed by atoms with Crippen LogP contribution < -0.4 is 0 Å². The summed E-state index contributed by atoms with van der Waals surface area (Å²) in [7, 11) is 0. The van der Waals surface area contributed by atoms with Crippen LogP contribution in [0.3, 0.4) is 0 Å². The third-order valence-electron chi connectivity index (χ3n) is 5.90. The molecule has 3 rings (SSSR count). The molecule has 0 bridgehead atoms. The molecule has 1 spiro atoms. The fourth-order valence-corrected chi connectivity index (χ4v) is 4.36. The average Bonchev–Trinajstić information content (AvgIpc) is 3.22. The molecular formula is C21H30N2O4. The Kier molecular flexibility index (Phi) is 6.37. The molecule has 3 heterocycles. The minimum atomic E-state index is -0.482. The first-order valence-corrected chi connectivity index (χ1v) is 9.94. The predicted molar refractivity (Wildman–Crippen MR) is 102 cm³/mol. The molecule has 2 aliphatic heterocycles. The molecule has 1 N–H and O–H groups in total. The lowest BCUT2D eigenvalue weighted by atomic mass is 9.71. The van der Waals surface area contributed by atoms with Gasteiger partial charge < -0.3 is 19.3 Å². The maximum absolute atomic E-state index is 12.7. The number of rotatable bonds is 5. The van der Waals surface area contributed by atoms with E-state index in [1.165, 1.54) is 12.5 Å². The summed E-state index contributed by atoms with van der Waals surface area (Å²) in [5, 5.41) is 10.8. The summed E-state index contributed by atoms with van der Waals surface area (Å²) in [5.41, 5.74) is 0.115. The summed E-state index contributed by atoms with van der Waals surface area (Å²) in [4.78, 5) is 29.0. The van der Waals surface area contributed by atoms with E-state index < -0.39 is 11.5 Å². The van der Waals surface area contributed by atoms with Crippen molar-refractivity contribution in [2.75, 3.05) is 26.2 Å². The predicted octanol–water partition coefficient (Wildman–Crippen LogP) is 2.84. The summed E-state index contributed by atoms with van der Waals surface area (Å²) in [6.07, 6.45) is 11.1. The van der Waals surface area contributed by atoms with E-state index in [4.69, 9.17) is 4.42 Å². The van der Waals surface area contributed by atoms with E-state index in [9.17, 15) is 14.7 Å². The maximum Gasteiger partial charge on any atom is 0.257 e. The first kappa shape index (κ1) is 19.7. The quantitative estimate of drug-likeness (QED) is 0.635. The SMILES string of the molecule is C/C=C/CCCC(=O)N1CCC[C@]2(C1)CN(C(=O)c1ccoc1)CC[C@H]2O. The van der Waals surface area contributed by atoms with Gasteiger partial charge in [-0.05, 0) is 45.1 Å². The summed E-state index contributed by atoms with van der Waals surface area (Å²) < 4.78 is 5.03. The van der Waals surface area contributed by atoms with E-state index in [0.29, 0.717) is 38.0 Å². The van der Waals surface area contributed by atoms with Gasteiger partial charge in [-0.25, -0.2) is 0 Å². The number of aliphatic hydroxyl groups is 1. The van der Waals surface area contributed by atoms with Crippen LogP contribution in [0.25, 0.3) is 0 Å². The van der Waals surface area contributed by atoms with E-state index in [0.717, 1.165) is 32.2 Å². The lowest BCUT2D eigenvalue weighted by Crippen LogP contribution is -2.60. The highest BCUT2D eigenvalue weighted by Gasteiger charge is 2.47. The highest BCUT2D eigenvalue weighted by molar-refractivity contribution is 5.94. The average molecular weight is 374 g/mol. The normalized spacial score (nSPS) is 26.1. The Morgan fingerprint density at radius 2 is 2.15 bits per heavy atom. The first-order valence-electron chi connectivity index (χ1n) is 9.94. The lowest BCUT2D eigenvalue weighted by Gasteiger charge is -2.51.